The largest absolute Gasteiger partial charge is 0.545 e. The van der Waals surface area contributed by atoms with Gasteiger partial charge < -0.3 is 20.1 Å². The van der Waals surface area contributed by atoms with E-state index < -0.39 is 17.5 Å². The molecular weight excluding hydrogens is 184 g/mol. The first kappa shape index (κ1) is 10.5. The highest BCUT2D eigenvalue weighted by Crippen LogP contribution is 2.26. The lowest BCUT2D eigenvalue weighted by Gasteiger charge is -2.28. The van der Waals surface area contributed by atoms with E-state index in [1.807, 2.05) is 0 Å². The van der Waals surface area contributed by atoms with Crippen molar-refractivity contribution >= 4 is 5.97 Å². The van der Waals surface area contributed by atoms with Gasteiger partial charge in [-0.05, 0) is 31.2 Å². The zero-order valence-corrected chi connectivity index (χ0v) is 7.68. The third-order valence-electron chi connectivity index (χ3n) is 2.06. The number of hydrogen-bond donors (Lipinski definition) is 2. The van der Waals surface area contributed by atoms with Crippen molar-refractivity contribution in [1.82, 2.24) is 0 Å². The standard InChI is InChI=1S/C10H12O4/c1-10(14)5-4-8(11)6-7(10)2-3-9(12)13/h2-7,11,14H,1H3,(H,12,13)/p-1/b3-2+. The van der Waals surface area contributed by atoms with Gasteiger partial charge in [0.25, 0.3) is 0 Å². The minimum atomic E-state index is -1.33. The summed E-state index contributed by atoms with van der Waals surface area (Å²) < 4.78 is 0. The maximum Gasteiger partial charge on any atom is 0.112 e. The second-order valence-electron chi connectivity index (χ2n) is 3.35. The monoisotopic (exact) mass is 195 g/mol. The Hall–Kier alpha value is -1.55. The van der Waals surface area contributed by atoms with Gasteiger partial charge in [-0.1, -0.05) is 6.08 Å². The molecule has 2 atom stereocenters. The molecule has 0 aromatic carbocycles. The zero-order chi connectivity index (χ0) is 10.8. The number of allylic oxidation sites excluding steroid dienone is 1. The van der Waals surface area contributed by atoms with E-state index in [1.165, 1.54) is 31.2 Å². The maximum atomic E-state index is 10.2. The number of aliphatic hydroxyl groups excluding tert-OH is 1. The smallest absolute Gasteiger partial charge is 0.112 e. The summed E-state index contributed by atoms with van der Waals surface area (Å²) >= 11 is 0. The van der Waals surface area contributed by atoms with Crippen molar-refractivity contribution in [3.05, 3.63) is 36.1 Å². The SMILES string of the molecule is CC1(O)C=CC(O)=CC1/C=C/C(=O)[O-]. The van der Waals surface area contributed by atoms with E-state index in [4.69, 9.17) is 5.11 Å². The van der Waals surface area contributed by atoms with Crippen molar-refractivity contribution in [2.75, 3.05) is 0 Å². The van der Waals surface area contributed by atoms with Gasteiger partial charge in [0.1, 0.15) is 5.76 Å². The number of aliphatic carboxylic acids is 1. The van der Waals surface area contributed by atoms with Crippen molar-refractivity contribution in [2.45, 2.75) is 12.5 Å². The summed E-state index contributed by atoms with van der Waals surface area (Å²) in [6.07, 6.45) is 6.26. The topological polar surface area (TPSA) is 80.6 Å². The highest BCUT2D eigenvalue weighted by molar-refractivity contribution is 5.77. The Kier molecular flexibility index (Phi) is 2.76. The highest BCUT2D eigenvalue weighted by atomic mass is 16.4. The fourth-order valence-corrected chi connectivity index (χ4v) is 1.21. The van der Waals surface area contributed by atoms with Crippen LogP contribution in [-0.2, 0) is 4.79 Å². The summed E-state index contributed by atoms with van der Waals surface area (Å²) in [5.74, 6) is -1.89. The molecule has 0 aliphatic heterocycles. The van der Waals surface area contributed by atoms with Crippen LogP contribution in [0.2, 0.25) is 0 Å². The van der Waals surface area contributed by atoms with Crippen LogP contribution in [-0.4, -0.2) is 21.8 Å². The average molecular weight is 195 g/mol. The van der Waals surface area contributed by atoms with E-state index in [0.29, 0.717) is 0 Å². The molecule has 0 saturated heterocycles. The predicted octanol–water partition coefficient (Wildman–Crippen LogP) is -0.329. The van der Waals surface area contributed by atoms with Crippen LogP contribution in [0.5, 0.6) is 0 Å². The fourth-order valence-electron chi connectivity index (χ4n) is 1.21. The molecule has 0 saturated carbocycles. The average Bonchev–Trinajstić information content (AvgIpc) is 2.07. The molecule has 1 aliphatic carbocycles. The van der Waals surface area contributed by atoms with Crippen molar-refractivity contribution in [2.24, 2.45) is 5.92 Å². The third-order valence-corrected chi connectivity index (χ3v) is 2.06. The first-order valence-electron chi connectivity index (χ1n) is 4.13. The Morgan fingerprint density at radius 2 is 2.36 bits per heavy atom. The van der Waals surface area contributed by atoms with Crippen LogP contribution in [0.25, 0.3) is 0 Å². The molecule has 1 rings (SSSR count). The minimum absolute atomic E-state index is 0.00419. The lowest BCUT2D eigenvalue weighted by molar-refractivity contribution is -0.297. The molecule has 14 heavy (non-hydrogen) atoms. The Balaban J connectivity index is 2.86. The van der Waals surface area contributed by atoms with Gasteiger partial charge >= 0.3 is 0 Å². The summed E-state index contributed by atoms with van der Waals surface area (Å²) in [7, 11) is 0. The third kappa shape index (κ3) is 2.47. The number of hydrogen-bond acceptors (Lipinski definition) is 4. The minimum Gasteiger partial charge on any atom is -0.545 e. The van der Waals surface area contributed by atoms with Gasteiger partial charge in [0.05, 0.1) is 11.6 Å². The van der Waals surface area contributed by atoms with Crippen LogP contribution in [0.3, 0.4) is 0 Å². The van der Waals surface area contributed by atoms with Gasteiger partial charge in [-0.25, -0.2) is 0 Å². The van der Waals surface area contributed by atoms with Crippen molar-refractivity contribution in [3.63, 3.8) is 0 Å². The number of carboxylic acids is 1. The van der Waals surface area contributed by atoms with Gasteiger partial charge in [-0.3, -0.25) is 0 Å². The Morgan fingerprint density at radius 3 is 2.93 bits per heavy atom. The van der Waals surface area contributed by atoms with Crippen LogP contribution in [0.15, 0.2) is 36.1 Å². The fraction of sp³-hybridized carbons (Fsp3) is 0.300. The predicted molar refractivity (Wildman–Crippen MR) is 48.1 cm³/mol. The molecule has 0 aromatic rings. The summed E-state index contributed by atoms with van der Waals surface area (Å²) in [6.45, 7) is 1.52. The van der Waals surface area contributed by atoms with E-state index in [-0.39, 0.29) is 5.76 Å². The molecule has 0 amide bonds. The van der Waals surface area contributed by atoms with Gasteiger partial charge in [-0.2, -0.15) is 0 Å². The molecule has 76 valence electrons. The van der Waals surface area contributed by atoms with E-state index in [2.05, 4.69) is 0 Å². The normalized spacial score (nSPS) is 31.9. The molecule has 0 spiro atoms. The van der Waals surface area contributed by atoms with Crippen LogP contribution >= 0.6 is 0 Å². The maximum absolute atomic E-state index is 10.2. The summed E-state index contributed by atoms with van der Waals surface area (Å²) in [4.78, 5) is 10.2. The quantitative estimate of drug-likeness (QED) is 0.591. The molecule has 4 heteroatoms. The molecule has 2 unspecified atom stereocenters. The molecule has 1 aliphatic rings. The highest BCUT2D eigenvalue weighted by Gasteiger charge is 2.28. The van der Waals surface area contributed by atoms with Crippen molar-refractivity contribution < 1.29 is 20.1 Å². The second kappa shape index (κ2) is 3.67. The van der Waals surface area contributed by atoms with Crippen LogP contribution < -0.4 is 5.11 Å². The van der Waals surface area contributed by atoms with Gasteiger partial charge in [-0.15, -0.1) is 0 Å². The van der Waals surface area contributed by atoms with Crippen LogP contribution in [0.4, 0.5) is 0 Å². The summed E-state index contributed by atoms with van der Waals surface area (Å²) in [5, 5.41) is 29.1. The lowest BCUT2D eigenvalue weighted by Crippen LogP contribution is -2.32. The molecule has 0 aromatic heterocycles. The number of carbonyl (C=O) groups is 1. The Morgan fingerprint density at radius 1 is 1.71 bits per heavy atom. The molecule has 0 fully saturated rings. The summed E-state index contributed by atoms with van der Waals surface area (Å²) in [5.41, 5.74) is -1.18. The van der Waals surface area contributed by atoms with Crippen molar-refractivity contribution in [1.29, 1.82) is 0 Å². The second-order valence-corrected chi connectivity index (χ2v) is 3.35. The number of carboxylic acid groups (broad SMARTS) is 1. The van der Waals surface area contributed by atoms with E-state index in [0.717, 1.165) is 6.08 Å². The molecule has 0 bridgehead atoms. The first-order chi connectivity index (χ1) is 6.42. The van der Waals surface area contributed by atoms with Crippen LogP contribution in [0.1, 0.15) is 6.92 Å². The number of rotatable bonds is 2. The molecular formula is C10H11O4-. The molecule has 2 N–H and O–H groups in total. The Bertz CT molecular complexity index is 323. The van der Waals surface area contributed by atoms with E-state index in [1.54, 1.807) is 0 Å². The van der Waals surface area contributed by atoms with Gasteiger partial charge in [0.2, 0.25) is 0 Å². The molecule has 4 nitrogen and oxygen atoms in total. The first-order valence-corrected chi connectivity index (χ1v) is 4.13. The lowest BCUT2D eigenvalue weighted by atomic mass is 9.85. The van der Waals surface area contributed by atoms with E-state index >= 15 is 0 Å². The van der Waals surface area contributed by atoms with E-state index in [9.17, 15) is 15.0 Å². The molecule has 0 heterocycles. The van der Waals surface area contributed by atoms with Gasteiger partial charge in [0, 0.05) is 5.92 Å². The van der Waals surface area contributed by atoms with Crippen molar-refractivity contribution in [3.8, 4) is 0 Å². The zero-order valence-electron chi connectivity index (χ0n) is 7.68. The molecule has 0 radical (unpaired) electrons. The summed E-state index contributed by atoms with van der Waals surface area (Å²) in [6, 6.07) is 0. The van der Waals surface area contributed by atoms with Crippen LogP contribution in [0, 0.1) is 5.92 Å². The van der Waals surface area contributed by atoms with Gasteiger partial charge in [0.15, 0.2) is 0 Å². The number of carbonyl (C=O) groups excluding carboxylic acids is 1. The Labute approximate surface area is 81.5 Å². The number of aliphatic hydroxyl groups is 2.